The van der Waals surface area contributed by atoms with Gasteiger partial charge in [-0.25, -0.2) is 0 Å². The van der Waals surface area contributed by atoms with Gasteiger partial charge in [-0.2, -0.15) is 0 Å². The second-order valence-corrected chi connectivity index (χ2v) is 7.21. The van der Waals surface area contributed by atoms with E-state index < -0.39 is 0 Å². The van der Waals surface area contributed by atoms with E-state index in [1.807, 2.05) is 12.1 Å². The highest BCUT2D eigenvalue weighted by atomic mass is 16.3. The number of carbonyl (C=O) groups is 1. The number of rotatable bonds is 6. The highest BCUT2D eigenvalue weighted by molar-refractivity contribution is 5.78. The Labute approximate surface area is 150 Å². The van der Waals surface area contributed by atoms with Crippen molar-refractivity contribution in [2.24, 2.45) is 5.92 Å². The number of aliphatic hydroxyl groups excluding tert-OH is 1. The Bertz CT molecular complexity index is 531. The maximum atomic E-state index is 12.5. The van der Waals surface area contributed by atoms with Crippen LogP contribution >= 0.6 is 0 Å². The van der Waals surface area contributed by atoms with Crippen LogP contribution < -0.4 is 5.32 Å². The normalized spacial score (nSPS) is 23.5. The zero-order valence-corrected chi connectivity index (χ0v) is 14.9. The van der Waals surface area contributed by atoms with Crippen LogP contribution in [0.4, 0.5) is 0 Å². The number of β-amino-alcohol motifs (C(OH)–C–C–N with tert-alkyl or cyclic N) is 1. The van der Waals surface area contributed by atoms with Crippen LogP contribution in [0.25, 0.3) is 0 Å². The second kappa shape index (κ2) is 9.27. The van der Waals surface area contributed by atoms with Crippen LogP contribution in [0.5, 0.6) is 0 Å². The molecule has 1 amide bonds. The Balaban J connectivity index is 1.45. The third-order valence-electron chi connectivity index (χ3n) is 5.50. The molecule has 25 heavy (non-hydrogen) atoms. The molecule has 6 nitrogen and oxygen atoms in total. The van der Waals surface area contributed by atoms with Crippen LogP contribution in [0, 0.1) is 5.92 Å². The van der Waals surface area contributed by atoms with Gasteiger partial charge in [0.1, 0.15) is 0 Å². The van der Waals surface area contributed by atoms with Crippen molar-refractivity contribution in [1.29, 1.82) is 0 Å². The summed E-state index contributed by atoms with van der Waals surface area (Å²) in [6.45, 7) is 5.68. The molecule has 6 heteroatoms. The first-order valence-electron chi connectivity index (χ1n) is 9.50. The predicted molar refractivity (Wildman–Crippen MR) is 96.9 cm³/mol. The summed E-state index contributed by atoms with van der Waals surface area (Å²) in [6, 6.07) is 4.47. The van der Waals surface area contributed by atoms with Gasteiger partial charge in [0.25, 0.3) is 0 Å². The van der Waals surface area contributed by atoms with Gasteiger partial charge in [-0.1, -0.05) is 6.07 Å². The summed E-state index contributed by atoms with van der Waals surface area (Å²) < 4.78 is 0. The molecule has 0 spiro atoms. The number of piperidine rings is 2. The molecule has 0 aliphatic carbocycles. The maximum absolute atomic E-state index is 12.5. The molecule has 0 aromatic carbocycles. The minimum atomic E-state index is 0.0980. The Hall–Kier alpha value is -1.50. The third-order valence-corrected chi connectivity index (χ3v) is 5.50. The average molecular weight is 346 g/mol. The summed E-state index contributed by atoms with van der Waals surface area (Å²) in [5, 5.41) is 12.1. The molecule has 0 unspecified atom stereocenters. The fourth-order valence-corrected chi connectivity index (χ4v) is 4.04. The fourth-order valence-electron chi connectivity index (χ4n) is 4.04. The molecule has 0 saturated carbocycles. The predicted octanol–water partition coefficient (Wildman–Crippen LogP) is 0.866. The number of aliphatic hydroxyl groups is 1. The van der Waals surface area contributed by atoms with E-state index in [0.717, 1.165) is 64.0 Å². The summed E-state index contributed by atoms with van der Waals surface area (Å²) in [6.07, 6.45) is 7.92. The van der Waals surface area contributed by atoms with Crippen LogP contribution in [0.1, 0.15) is 31.2 Å². The number of aromatic nitrogens is 1. The molecule has 3 heterocycles. The van der Waals surface area contributed by atoms with Crippen molar-refractivity contribution in [1.82, 2.24) is 20.1 Å². The van der Waals surface area contributed by atoms with Crippen LogP contribution in [0.3, 0.4) is 0 Å². The van der Waals surface area contributed by atoms with Gasteiger partial charge in [-0.05, 0) is 56.9 Å². The van der Waals surface area contributed by atoms with Crippen molar-refractivity contribution in [2.45, 2.75) is 38.3 Å². The van der Waals surface area contributed by atoms with E-state index >= 15 is 0 Å². The lowest BCUT2D eigenvalue weighted by atomic mass is 9.93. The Morgan fingerprint density at radius 3 is 2.84 bits per heavy atom. The summed E-state index contributed by atoms with van der Waals surface area (Å²) in [7, 11) is 0. The van der Waals surface area contributed by atoms with Gasteiger partial charge in [-0.3, -0.25) is 14.7 Å². The lowest BCUT2D eigenvalue weighted by Crippen LogP contribution is -2.51. The zero-order valence-electron chi connectivity index (χ0n) is 14.9. The van der Waals surface area contributed by atoms with E-state index in [4.69, 9.17) is 5.11 Å². The van der Waals surface area contributed by atoms with Crippen LogP contribution in [-0.2, 0) is 11.3 Å². The van der Waals surface area contributed by atoms with Crippen LogP contribution in [-0.4, -0.2) is 71.2 Å². The minimum Gasteiger partial charge on any atom is -0.395 e. The highest BCUT2D eigenvalue weighted by Crippen LogP contribution is 2.24. The second-order valence-electron chi connectivity index (χ2n) is 7.21. The van der Waals surface area contributed by atoms with E-state index in [0.29, 0.717) is 12.6 Å². The van der Waals surface area contributed by atoms with Crippen LogP contribution in [0.15, 0.2) is 24.5 Å². The molecule has 0 radical (unpaired) electrons. The van der Waals surface area contributed by atoms with E-state index in [-0.39, 0.29) is 18.4 Å². The molecular weight excluding hydrogens is 316 g/mol. The smallest absolute Gasteiger partial charge is 0.224 e. The zero-order chi connectivity index (χ0) is 17.5. The number of carbonyl (C=O) groups excluding carboxylic acids is 1. The SMILES string of the molecule is O=C(NCc1cccnc1)[C@H]1CCCN(C2CCN(CCO)CC2)C1. The van der Waals surface area contributed by atoms with Crippen molar-refractivity contribution >= 4 is 5.91 Å². The summed E-state index contributed by atoms with van der Waals surface area (Å²) in [5.74, 6) is 0.271. The van der Waals surface area contributed by atoms with Crippen molar-refractivity contribution < 1.29 is 9.90 Å². The molecule has 0 bridgehead atoms. The largest absolute Gasteiger partial charge is 0.395 e. The van der Waals surface area contributed by atoms with Gasteiger partial charge in [-0.15, -0.1) is 0 Å². The lowest BCUT2D eigenvalue weighted by molar-refractivity contribution is -0.127. The number of hydrogen-bond acceptors (Lipinski definition) is 5. The highest BCUT2D eigenvalue weighted by Gasteiger charge is 2.31. The van der Waals surface area contributed by atoms with E-state index in [2.05, 4.69) is 20.1 Å². The molecule has 2 aliphatic heterocycles. The van der Waals surface area contributed by atoms with E-state index in [9.17, 15) is 4.79 Å². The van der Waals surface area contributed by atoms with E-state index in [1.54, 1.807) is 12.4 Å². The molecule has 138 valence electrons. The lowest BCUT2D eigenvalue weighted by Gasteiger charge is -2.42. The number of amides is 1. The maximum Gasteiger partial charge on any atom is 0.224 e. The molecular formula is C19H30N4O2. The Morgan fingerprint density at radius 2 is 2.12 bits per heavy atom. The number of pyridine rings is 1. The molecule has 1 atom stereocenters. The molecule has 2 saturated heterocycles. The van der Waals surface area contributed by atoms with Crippen molar-refractivity contribution in [3.8, 4) is 0 Å². The Kier molecular flexibility index (Phi) is 6.78. The van der Waals surface area contributed by atoms with Gasteiger partial charge >= 0.3 is 0 Å². The van der Waals surface area contributed by atoms with Crippen LogP contribution in [0.2, 0.25) is 0 Å². The van der Waals surface area contributed by atoms with Gasteiger partial charge in [0.05, 0.1) is 12.5 Å². The third kappa shape index (κ3) is 5.23. The number of hydrogen-bond donors (Lipinski definition) is 2. The average Bonchev–Trinajstić information content (AvgIpc) is 2.68. The standard InChI is InChI=1S/C19H30N4O2/c24-12-11-22-9-5-18(6-10-22)23-8-2-4-17(15-23)19(25)21-14-16-3-1-7-20-13-16/h1,3,7,13,17-18,24H,2,4-6,8-12,14-15H2,(H,21,25)/t17-/m0/s1. The van der Waals surface area contributed by atoms with Gasteiger partial charge in [0, 0.05) is 38.1 Å². The molecule has 2 aliphatic rings. The van der Waals surface area contributed by atoms with Crippen molar-refractivity contribution in [2.75, 3.05) is 39.3 Å². The molecule has 1 aromatic heterocycles. The molecule has 2 fully saturated rings. The number of nitrogens with one attached hydrogen (secondary N) is 1. The van der Waals surface area contributed by atoms with Crippen molar-refractivity contribution in [3.05, 3.63) is 30.1 Å². The first-order valence-corrected chi connectivity index (χ1v) is 9.50. The molecule has 2 N–H and O–H groups in total. The van der Waals surface area contributed by atoms with Gasteiger partial charge in [0.2, 0.25) is 5.91 Å². The van der Waals surface area contributed by atoms with E-state index in [1.165, 1.54) is 0 Å². The van der Waals surface area contributed by atoms with Gasteiger partial charge < -0.3 is 15.3 Å². The van der Waals surface area contributed by atoms with Gasteiger partial charge in [0.15, 0.2) is 0 Å². The summed E-state index contributed by atoms with van der Waals surface area (Å²) in [4.78, 5) is 21.5. The topological polar surface area (TPSA) is 68.7 Å². The molecule has 3 rings (SSSR count). The number of likely N-dealkylation sites (tertiary alicyclic amines) is 2. The summed E-state index contributed by atoms with van der Waals surface area (Å²) >= 11 is 0. The minimum absolute atomic E-state index is 0.0980. The molecule has 1 aromatic rings. The quantitative estimate of drug-likeness (QED) is 0.800. The Morgan fingerprint density at radius 1 is 1.28 bits per heavy atom. The first-order chi connectivity index (χ1) is 12.3. The first kappa shape index (κ1) is 18.3. The van der Waals surface area contributed by atoms with Crippen molar-refractivity contribution in [3.63, 3.8) is 0 Å². The summed E-state index contributed by atoms with van der Waals surface area (Å²) in [5.41, 5.74) is 1.04. The fraction of sp³-hybridized carbons (Fsp3) is 0.684. The number of nitrogens with zero attached hydrogens (tertiary/aromatic N) is 3. The monoisotopic (exact) mass is 346 g/mol.